The molecule has 22 heavy (non-hydrogen) atoms. The number of rotatable bonds is 3. The Morgan fingerprint density at radius 2 is 2.32 bits per heavy atom. The zero-order valence-electron chi connectivity index (χ0n) is 12.5. The number of nitrogens with one attached hydrogen (secondary N) is 1. The maximum Gasteiger partial charge on any atom is 0.246 e. The molecule has 0 radical (unpaired) electrons. The van der Waals surface area contributed by atoms with Crippen LogP contribution >= 0.6 is 0 Å². The monoisotopic (exact) mass is 298 g/mol. The first-order valence-electron chi connectivity index (χ1n) is 7.48. The summed E-state index contributed by atoms with van der Waals surface area (Å²) in [4.78, 5) is 9.98. The minimum atomic E-state index is 0.0177. The van der Waals surface area contributed by atoms with Crippen LogP contribution in [0.5, 0.6) is 0 Å². The molecule has 1 saturated heterocycles. The maximum atomic E-state index is 5.61. The molecule has 6 heteroatoms. The molecule has 1 aliphatic heterocycles. The minimum absolute atomic E-state index is 0.0177. The highest BCUT2D eigenvalue weighted by Gasteiger charge is 2.29. The first-order chi connectivity index (χ1) is 10.8. The fourth-order valence-electron chi connectivity index (χ4n) is 3.01. The van der Waals surface area contributed by atoms with E-state index in [0.717, 1.165) is 25.2 Å². The van der Waals surface area contributed by atoms with E-state index in [1.54, 1.807) is 0 Å². The molecule has 1 aliphatic rings. The highest BCUT2D eigenvalue weighted by molar-refractivity contribution is 5.82. The number of ether oxygens (including phenoxy) is 1. The molecule has 1 aromatic carbocycles. The van der Waals surface area contributed by atoms with Crippen LogP contribution < -0.4 is 0 Å². The molecule has 1 unspecified atom stereocenters. The van der Waals surface area contributed by atoms with Crippen molar-refractivity contribution in [1.29, 1.82) is 0 Å². The number of nitrogens with zero attached hydrogens (tertiary/aromatic N) is 3. The molecular weight excluding hydrogens is 280 g/mol. The first-order valence-corrected chi connectivity index (χ1v) is 7.48. The molecular formula is C16H18N4O2. The van der Waals surface area contributed by atoms with Gasteiger partial charge in [-0.2, -0.15) is 4.98 Å². The van der Waals surface area contributed by atoms with Gasteiger partial charge in [0.15, 0.2) is 5.82 Å². The van der Waals surface area contributed by atoms with Gasteiger partial charge in [-0.25, -0.2) is 0 Å². The second-order valence-corrected chi connectivity index (χ2v) is 5.60. The second kappa shape index (κ2) is 5.55. The molecule has 1 N–H and O–H groups in total. The van der Waals surface area contributed by atoms with E-state index < -0.39 is 0 Å². The zero-order chi connectivity index (χ0) is 14.9. The van der Waals surface area contributed by atoms with Crippen LogP contribution in [0, 0.1) is 6.92 Å². The quantitative estimate of drug-likeness (QED) is 0.804. The van der Waals surface area contributed by atoms with Gasteiger partial charge < -0.3 is 14.2 Å². The number of H-pyrrole nitrogens is 1. The molecule has 0 aliphatic carbocycles. The third kappa shape index (κ3) is 2.40. The van der Waals surface area contributed by atoms with E-state index in [2.05, 4.69) is 44.3 Å². The number of aromatic amines is 1. The number of hydrogen-bond acceptors (Lipinski definition) is 5. The summed E-state index contributed by atoms with van der Waals surface area (Å²) in [6.07, 6.45) is 1.98. The molecule has 2 aromatic heterocycles. The number of fused-ring (bicyclic) bond motifs is 1. The summed E-state index contributed by atoms with van der Waals surface area (Å²) in [6.45, 7) is 4.84. The molecule has 4 rings (SSSR count). The molecule has 0 saturated carbocycles. The fraction of sp³-hybridized carbons (Fsp3) is 0.375. The molecule has 0 spiro atoms. The minimum Gasteiger partial charge on any atom is -0.378 e. The van der Waals surface area contributed by atoms with Crippen molar-refractivity contribution >= 4 is 10.9 Å². The normalized spacial score (nSPS) is 19.8. The summed E-state index contributed by atoms with van der Waals surface area (Å²) in [7, 11) is 0. The molecule has 6 nitrogen and oxygen atoms in total. The summed E-state index contributed by atoms with van der Waals surface area (Å²) in [6, 6.07) is 8.49. The summed E-state index contributed by atoms with van der Waals surface area (Å²) < 4.78 is 11.0. The van der Waals surface area contributed by atoms with Crippen LogP contribution in [0.25, 0.3) is 10.9 Å². The van der Waals surface area contributed by atoms with Crippen LogP contribution in [0.1, 0.15) is 23.3 Å². The van der Waals surface area contributed by atoms with E-state index in [1.807, 2.05) is 13.1 Å². The lowest BCUT2D eigenvalue weighted by Gasteiger charge is -2.33. The Morgan fingerprint density at radius 1 is 1.36 bits per heavy atom. The van der Waals surface area contributed by atoms with Gasteiger partial charge in [0.25, 0.3) is 0 Å². The van der Waals surface area contributed by atoms with Crippen LogP contribution in [0.4, 0.5) is 0 Å². The van der Waals surface area contributed by atoms with Crippen molar-refractivity contribution in [2.45, 2.75) is 19.5 Å². The van der Waals surface area contributed by atoms with Gasteiger partial charge in [-0.05, 0) is 24.6 Å². The summed E-state index contributed by atoms with van der Waals surface area (Å²) in [5, 5.41) is 5.16. The van der Waals surface area contributed by atoms with Crippen molar-refractivity contribution in [3.63, 3.8) is 0 Å². The average molecular weight is 298 g/mol. The predicted molar refractivity (Wildman–Crippen MR) is 81.3 cm³/mol. The molecule has 3 heterocycles. The van der Waals surface area contributed by atoms with Crippen LogP contribution in [0.2, 0.25) is 0 Å². The van der Waals surface area contributed by atoms with Gasteiger partial charge in [0.1, 0.15) is 6.04 Å². The molecule has 1 atom stereocenters. The smallest absolute Gasteiger partial charge is 0.246 e. The van der Waals surface area contributed by atoms with Crippen molar-refractivity contribution in [2.75, 3.05) is 19.8 Å². The Labute approximate surface area is 128 Å². The Hall–Kier alpha value is -2.18. The van der Waals surface area contributed by atoms with Crippen LogP contribution in [0.15, 0.2) is 35.0 Å². The van der Waals surface area contributed by atoms with Crippen molar-refractivity contribution in [1.82, 2.24) is 20.0 Å². The van der Waals surface area contributed by atoms with E-state index >= 15 is 0 Å². The Balaban J connectivity index is 1.63. The van der Waals surface area contributed by atoms with Gasteiger partial charge in [-0.1, -0.05) is 17.3 Å². The van der Waals surface area contributed by atoms with E-state index in [0.29, 0.717) is 18.3 Å². The van der Waals surface area contributed by atoms with Gasteiger partial charge in [-0.15, -0.1) is 0 Å². The first kappa shape index (κ1) is 13.5. The Bertz CT molecular complexity index is 779. The number of benzene rings is 1. The average Bonchev–Trinajstić information content (AvgIpc) is 3.17. The van der Waals surface area contributed by atoms with Gasteiger partial charge in [-0.3, -0.25) is 4.90 Å². The third-order valence-electron chi connectivity index (χ3n) is 4.13. The highest BCUT2D eigenvalue weighted by atomic mass is 16.5. The van der Waals surface area contributed by atoms with Crippen molar-refractivity contribution in [2.24, 2.45) is 0 Å². The number of aryl methyl sites for hydroxylation is 1. The molecule has 0 bridgehead atoms. The lowest BCUT2D eigenvalue weighted by atomic mass is 10.1. The topological polar surface area (TPSA) is 67.2 Å². The van der Waals surface area contributed by atoms with Gasteiger partial charge >= 0.3 is 0 Å². The molecule has 3 aromatic rings. The summed E-state index contributed by atoms with van der Waals surface area (Å²) >= 11 is 0. The van der Waals surface area contributed by atoms with Gasteiger partial charge in [0.05, 0.1) is 13.2 Å². The standard InChI is InChI=1S/C16H18N4O2/c1-11-18-16(22-19-11)15-10-21-8-7-20(15)9-12-3-2-4-14-13(12)5-6-17-14/h2-6,15,17H,7-10H2,1H3. The number of aromatic nitrogens is 3. The van der Waals surface area contributed by atoms with Gasteiger partial charge in [0.2, 0.25) is 5.89 Å². The lowest BCUT2D eigenvalue weighted by molar-refractivity contribution is -0.0239. The van der Waals surface area contributed by atoms with E-state index in [1.165, 1.54) is 10.9 Å². The molecule has 114 valence electrons. The largest absolute Gasteiger partial charge is 0.378 e. The Kier molecular flexibility index (Phi) is 3.40. The van der Waals surface area contributed by atoms with Crippen LogP contribution in [-0.4, -0.2) is 39.8 Å². The second-order valence-electron chi connectivity index (χ2n) is 5.60. The SMILES string of the molecule is Cc1noc(C2COCCN2Cc2cccc3[nH]ccc23)n1. The fourth-order valence-corrected chi connectivity index (χ4v) is 3.01. The zero-order valence-corrected chi connectivity index (χ0v) is 12.5. The van der Waals surface area contributed by atoms with Crippen LogP contribution in [0.3, 0.4) is 0 Å². The van der Waals surface area contributed by atoms with E-state index in [-0.39, 0.29) is 6.04 Å². The predicted octanol–water partition coefficient (Wildman–Crippen LogP) is 2.43. The van der Waals surface area contributed by atoms with Gasteiger partial charge in [0, 0.05) is 30.2 Å². The highest BCUT2D eigenvalue weighted by Crippen LogP contribution is 2.27. The number of hydrogen-bond donors (Lipinski definition) is 1. The lowest BCUT2D eigenvalue weighted by Crippen LogP contribution is -2.39. The molecule has 1 fully saturated rings. The Morgan fingerprint density at radius 3 is 3.18 bits per heavy atom. The third-order valence-corrected chi connectivity index (χ3v) is 4.13. The molecule has 0 amide bonds. The van der Waals surface area contributed by atoms with Crippen molar-refractivity contribution in [3.05, 3.63) is 47.7 Å². The maximum absolute atomic E-state index is 5.61. The van der Waals surface area contributed by atoms with Crippen molar-refractivity contribution < 1.29 is 9.26 Å². The van der Waals surface area contributed by atoms with E-state index in [9.17, 15) is 0 Å². The van der Waals surface area contributed by atoms with Crippen LogP contribution in [-0.2, 0) is 11.3 Å². The number of morpholine rings is 1. The summed E-state index contributed by atoms with van der Waals surface area (Å²) in [5.74, 6) is 1.30. The van der Waals surface area contributed by atoms with Crippen molar-refractivity contribution in [3.8, 4) is 0 Å². The summed E-state index contributed by atoms with van der Waals surface area (Å²) in [5.41, 5.74) is 2.46. The van der Waals surface area contributed by atoms with E-state index in [4.69, 9.17) is 9.26 Å².